The first-order chi connectivity index (χ1) is 8.34. The highest BCUT2D eigenvalue weighted by atomic mass is 15.3. The van der Waals surface area contributed by atoms with E-state index < -0.39 is 0 Å². The first-order valence-electron chi connectivity index (χ1n) is 6.97. The number of rotatable bonds is 2. The van der Waals surface area contributed by atoms with Crippen LogP contribution in [0.2, 0.25) is 0 Å². The fourth-order valence-electron chi connectivity index (χ4n) is 3.37. The molecule has 0 radical (unpaired) electrons. The second kappa shape index (κ2) is 4.77. The van der Waals surface area contributed by atoms with E-state index in [2.05, 4.69) is 27.0 Å². The molecule has 1 aromatic rings. The minimum absolute atomic E-state index is 0.606. The van der Waals surface area contributed by atoms with Crippen LogP contribution in [0.5, 0.6) is 0 Å². The third-order valence-electron chi connectivity index (χ3n) is 4.31. The van der Waals surface area contributed by atoms with Gasteiger partial charge in [0.05, 0.1) is 0 Å². The summed E-state index contributed by atoms with van der Waals surface area (Å²) >= 11 is 0. The number of nitrogens with zero attached hydrogens (tertiary/aromatic N) is 3. The Morgan fingerprint density at radius 1 is 1.29 bits per heavy atom. The normalized spacial score (nSPS) is 30.9. The molecule has 1 N–H and O–H groups in total. The third kappa shape index (κ3) is 2.23. The molecule has 94 valence electrons. The number of hydrogen-bond acceptors (Lipinski definition) is 3. The van der Waals surface area contributed by atoms with E-state index in [1.165, 1.54) is 44.3 Å². The van der Waals surface area contributed by atoms with Crippen molar-refractivity contribution in [3.8, 4) is 0 Å². The van der Waals surface area contributed by atoms with Gasteiger partial charge in [0.15, 0.2) is 0 Å². The molecule has 1 aliphatic heterocycles. The van der Waals surface area contributed by atoms with Crippen molar-refractivity contribution >= 4 is 0 Å². The van der Waals surface area contributed by atoms with Crippen LogP contribution in [0, 0.1) is 0 Å². The molecule has 2 heterocycles. The van der Waals surface area contributed by atoms with Gasteiger partial charge in [0.25, 0.3) is 0 Å². The van der Waals surface area contributed by atoms with Crippen LogP contribution in [-0.2, 0) is 0 Å². The molecular weight excluding hydrogens is 212 g/mol. The van der Waals surface area contributed by atoms with Gasteiger partial charge in [0.2, 0.25) is 0 Å². The Morgan fingerprint density at radius 2 is 2.12 bits per heavy atom. The van der Waals surface area contributed by atoms with Crippen molar-refractivity contribution < 1.29 is 0 Å². The van der Waals surface area contributed by atoms with Crippen molar-refractivity contribution in [2.75, 3.05) is 6.54 Å². The first-order valence-corrected chi connectivity index (χ1v) is 6.97. The summed E-state index contributed by atoms with van der Waals surface area (Å²) in [5, 5.41) is 12.1. The summed E-state index contributed by atoms with van der Waals surface area (Å²) in [6.45, 7) is 3.38. The van der Waals surface area contributed by atoms with Crippen LogP contribution in [-0.4, -0.2) is 27.4 Å². The molecule has 1 saturated heterocycles. The van der Waals surface area contributed by atoms with Crippen molar-refractivity contribution in [1.82, 2.24) is 20.1 Å². The zero-order valence-corrected chi connectivity index (χ0v) is 10.6. The molecule has 4 heteroatoms. The van der Waals surface area contributed by atoms with Gasteiger partial charge in [-0.15, -0.1) is 10.2 Å². The summed E-state index contributed by atoms with van der Waals surface area (Å²) in [7, 11) is 0. The maximum absolute atomic E-state index is 4.40. The van der Waals surface area contributed by atoms with Gasteiger partial charge in [0.1, 0.15) is 12.2 Å². The van der Waals surface area contributed by atoms with Gasteiger partial charge >= 0.3 is 0 Å². The predicted octanol–water partition coefficient (Wildman–Crippen LogP) is 2.25. The molecule has 1 aromatic heterocycles. The van der Waals surface area contributed by atoms with Crippen molar-refractivity contribution in [3.05, 3.63) is 12.2 Å². The smallest absolute Gasteiger partial charge is 0.136 e. The van der Waals surface area contributed by atoms with Crippen molar-refractivity contribution in [1.29, 1.82) is 0 Å². The average molecular weight is 234 g/mol. The van der Waals surface area contributed by atoms with Crippen LogP contribution in [0.1, 0.15) is 63.2 Å². The summed E-state index contributed by atoms with van der Waals surface area (Å²) in [4.78, 5) is 0. The van der Waals surface area contributed by atoms with Crippen molar-refractivity contribution in [2.45, 2.75) is 63.5 Å². The SMILES string of the molecule is CC1CC(c2nncn2C2CCCC2)CCN1. The van der Waals surface area contributed by atoms with Gasteiger partial charge in [-0.2, -0.15) is 0 Å². The molecule has 2 aliphatic rings. The van der Waals surface area contributed by atoms with Gasteiger partial charge < -0.3 is 9.88 Å². The zero-order valence-electron chi connectivity index (χ0n) is 10.6. The first kappa shape index (κ1) is 11.2. The summed E-state index contributed by atoms with van der Waals surface area (Å²) in [6, 6.07) is 1.28. The van der Waals surface area contributed by atoms with Crippen LogP contribution in [0.15, 0.2) is 6.33 Å². The van der Waals surface area contributed by atoms with Crippen molar-refractivity contribution in [2.24, 2.45) is 0 Å². The topological polar surface area (TPSA) is 42.7 Å². The molecular formula is C13H22N4. The lowest BCUT2D eigenvalue weighted by molar-refractivity contribution is 0.353. The van der Waals surface area contributed by atoms with Crippen LogP contribution in [0.4, 0.5) is 0 Å². The monoisotopic (exact) mass is 234 g/mol. The molecule has 2 fully saturated rings. The minimum Gasteiger partial charge on any atom is -0.314 e. The van der Waals surface area contributed by atoms with Crippen LogP contribution in [0.25, 0.3) is 0 Å². The molecule has 0 spiro atoms. The van der Waals surface area contributed by atoms with Crippen molar-refractivity contribution in [3.63, 3.8) is 0 Å². The van der Waals surface area contributed by atoms with E-state index in [0.29, 0.717) is 18.0 Å². The van der Waals surface area contributed by atoms with Crippen LogP contribution >= 0.6 is 0 Å². The number of nitrogens with one attached hydrogen (secondary N) is 1. The fourth-order valence-corrected chi connectivity index (χ4v) is 3.37. The Morgan fingerprint density at radius 3 is 2.88 bits per heavy atom. The Hall–Kier alpha value is -0.900. The van der Waals surface area contributed by atoms with Crippen LogP contribution in [0.3, 0.4) is 0 Å². The van der Waals surface area contributed by atoms with Gasteiger partial charge in [-0.05, 0) is 39.2 Å². The highest BCUT2D eigenvalue weighted by Crippen LogP contribution is 2.34. The summed E-state index contributed by atoms with van der Waals surface area (Å²) < 4.78 is 2.37. The molecule has 1 aliphatic carbocycles. The van der Waals surface area contributed by atoms with Gasteiger partial charge in [-0.3, -0.25) is 0 Å². The van der Waals surface area contributed by atoms with E-state index in [9.17, 15) is 0 Å². The van der Waals surface area contributed by atoms with Gasteiger partial charge in [0, 0.05) is 18.0 Å². The summed E-state index contributed by atoms with van der Waals surface area (Å²) in [5.41, 5.74) is 0. The second-order valence-electron chi connectivity index (χ2n) is 5.61. The maximum Gasteiger partial charge on any atom is 0.136 e. The Labute approximate surface area is 103 Å². The molecule has 0 bridgehead atoms. The largest absolute Gasteiger partial charge is 0.314 e. The standard InChI is InChI=1S/C13H22N4/c1-10-8-11(6-7-14-10)13-16-15-9-17(13)12-4-2-3-5-12/h9-12,14H,2-8H2,1H3. The lowest BCUT2D eigenvalue weighted by Crippen LogP contribution is -2.35. The van der Waals surface area contributed by atoms with Crippen LogP contribution < -0.4 is 5.32 Å². The van der Waals surface area contributed by atoms with E-state index in [1.54, 1.807) is 0 Å². The second-order valence-corrected chi connectivity index (χ2v) is 5.61. The Kier molecular flexibility index (Phi) is 3.14. The minimum atomic E-state index is 0.606. The van der Waals surface area contributed by atoms with E-state index in [4.69, 9.17) is 0 Å². The number of aromatic nitrogens is 3. The highest BCUT2D eigenvalue weighted by Gasteiger charge is 2.27. The average Bonchev–Trinajstić information content (AvgIpc) is 3.00. The fraction of sp³-hybridized carbons (Fsp3) is 0.846. The van der Waals surface area contributed by atoms with E-state index in [0.717, 1.165) is 6.54 Å². The van der Waals surface area contributed by atoms with E-state index >= 15 is 0 Å². The molecule has 0 amide bonds. The third-order valence-corrected chi connectivity index (χ3v) is 4.31. The van der Waals surface area contributed by atoms with E-state index in [1.807, 2.05) is 6.33 Å². The van der Waals surface area contributed by atoms with Gasteiger partial charge in [-0.25, -0.2) is 0 Å². The predicted molar refractivity (Wildman–Crippen MR) is 67.0 cm³/mol. The number of hydrogen-bond donors (Lipinski definition) is 1. The lowest BCUT2D eigenvalue weighted by atomic mass is 9.92. The molecule has 3 rings (SSSR count). The lowest BCUT2D eigenvalue weighted by Gasteiger charge is -2.28. The Bertz CT molecular complexity index is 367. The molecule has 2 atom stereocenters. The molecule has 17 heavy (non-hydrogen) atoms. The Balaban J connectivity index is 1.79. The molecule has 0 aromatic carbocycles. The summed E-state index contributed by atoms with van der Waals surface area (Å²) in [6.07, 6.45) is 9.71. The maximum atomic E-state index is 4.40. The molecule has 4 nitrogen and oxygen atoms in total. The molecule has 1 saturated carbocycles. The van der Waals surface area contributed by atoms with E-state index in [-0.39, 0.29) is 0 Å². The zero-order chi connectivity index (χ0) is 11.7. The summed E-state index contributed by atoms with van der Waals surface area (Å²) in [5.74, 6) is 1.85. The van der Waals surface area contributed by atoms with Gasteiger partial charge in [-0.1, -0.05) is 12.8 Å². The number of piperidine rings is 1. The molecule has 2 unspecified atom stereocenters. The quantitative estimate of drug-likeness (QED) is 0.853. The highest BCUT2D eigenvalue weighted by molar-refractivity contribution is 5.02.